The van der Waals surface area contributed by atoms with Crippen molar-refractivity contribution in [2.45, 2.75) is 44.8 Å². The zero-order chi connectivity index (χ0) is 16.6. The molecule has 0 spiro atoms. The smallest absolute Gasteiger partial charge is 0.231 e. The van der Waals surface area contributed by atoms with E-state index in [1.54, 1.807) is 5.57 Å². The summed E-state index contributed by atoms with van der Waals surface area (Å²) in [6, 6.07) is 5.79. The SMILES string of the molecule is O[C@H](C[NH2+]CCC1=CCCCC1)COCc1ccc2c(c1)OCO2. The third kappa shape index (κ3) is 5.23. The summed E-state index contributed by atoms with van der Waals surface area (Å²) in [4.78, 5) is 0. The number of ether oxygens (including phenoxy) is 3. The highest BCUT2D eigenvalue weighted by Gasteiger charge is 2.13. The first-order valence-electron chi connectivity index (χ1n) is 8.95. The summed E-state index contributed by atoms with van der Waals surface area (Å²) in [5.74, 6) is 1.54. The van der Waals surface area contributed by atoms with Crippen LogP contribution in [0.2, 0.25) is 0 Å². The Morgan fingerprint density at radius 2 is 2.12 bits per heavy atom. The Kier molecular flexibility index (Phi) is 6.52. The molecule has 0 saturated carbocycles. The van der Waals surface area contributed by atoms with Gasteiger partial charge in [-0.25, -0.2) is 0 Å². The Morgan fingerprint density at radius 1 is 1.21 bits per heavy atom. The number of hydrogen-bond donors (Lipinski definition) is 2. The fraction of sp³-hybridized carbons (Fsp3) is 0.579. The molecule has 2 aliphatic rings. The number of quaternary nitrogens is 1. The van der Waals surface area contributed by atoms with Crippen molar-refractivity contribution in [1.29, 1.82) is 0 Å². The molecule has 1 aromatic carbocycles. The summed E-state index contributed by atoms with van der Waals surface area (Å²) in [6.07, 6.45) is 8.28. The van der Waals surface area contributed by atoms with Crippen LogP contribution in [0.3, 0.4) is 0 Å². The average Bonchev–Trinajstić information content (AvgIpc) is 3.07. The first-order valence-corrected chi connectivity index (χ1v) is 8.95. The van der Waals surface area contributed by atoms with Gasteiger partial charge in [0.05, 0.1) is 19.8 Å². The molecule has 5 heteroatoms. The van der Waals surface area contributed by atoms with Gasteiger partial charge in [-0.3, -0.25) is 0 Å². The van der Waals surface area contributed by atoms with Gasteiger partial charge in [0.15, 0.2) is 11.5 Å². The van der Waals surface area contributed by atoms with Crippen LogP contribution in [0.5, 0.6) is 11.5 Å². The van der Waals surface area contributed by atoms with Gasteiger partial charge in [-0.15, -0.1) is 0 Å². The number of benzene rings is 1. The maximum Gasteiger partial charge on any atom is 0.231 e. The Morgan fingerprint density at radius 3 is 3.00 bits per heavy atom. The topological polar surface area (TPSA) is 64.5 Å². The number of aliphatic hydroxyl groups excluding tert-OH is 1. The molecule has 0 unspecified atom stereocenters. The van der Waals surface area contributed by atoms with Crippen LogP contribution in [0.25, 0.3) is 0 Å². The molecular formula is C19H28NO4+. The van der Waals surface area contributed by atoms with Gasteiger partial charge < -0.3 is 24.6 Å². The van der Waals surface area contributed by atoms with E-state index in [1.807, 2.05) is 18.2 Å². The van der Waals surface area contributed by atoms with Crippen LogP contribution in [0.1, 0.15) is 37.7 Å². The van der Waals surface area contributed by atoms with E-state index in [9.17, 15) is 5.11 Å². The maximum atomic E-state index is 10.0. The molecule has 1 aromatic rings. The molecule has 0 saturated heterocycles. The predicted molar refractivity (Wildman–Crippen MR) is 91.1 cm³/mol. The molecular weight excluding hydrogens is 306 g/mol. The van der Waals surface area contributed by atoms with Crippen LogP contribution in [0.4, 0.5) is 0 Å². The summed E-state index contributed by atoms with van der Waals surface area (Å²) < 4.78 is 16.2. The molecule has 0 amide bonds. The lowest BCUT2D eigenvalue weighted by Gasteiger charge is -2.13. The zero-order valence-corrected chi connectivity index (χ0v) is 14.2. The quantitative estimate of drug-likeness (QED) is 0.533. The van der Waals surface area contributed by atoms with Crippen molar-refractivity contribution < 1.29 is 24.6 Å². The first-order chi connectivity index (χ1) is 11.8. The molecule has 0 aromatic heterocycles. The summed E-state index contributed by atoms with van der Waals surface area (Å²) in [6.45, 7) is 2.85. The summed E-state index contributed by atoms with van der Waals surface area (Å²) >= 11 is 0. The Hall–Kier alpha value is -1.56. The normalized spacial score (nSPS) is 17.6. The lowest BCUT2D eigenvalue weighted by atomic mass is 9.97. The monoisotopic (exact) mass is 334 g/mol. The van der Waals surface area contributed by atoms with E-state index in [4.69, 9.17) is 14.2 Å². The molecule has 1 atom stereocenters. The standard InChI is InChI=1S/C19H27NO4/c21-17(11-20-9-8-15-4-2-1-3-5-15)13-22-12-16-6-7-18-19(10-16)24-14-23-18/h4,6-7,10,17,20-21H,1-3,5,8-9,11-14H2/p+1/t17-/m1/s1. The van der Waals surface area contributed by atoms with E-state index in [0.29, 0.717) is 19.8 Å². The molecule has 0 bridgehead atoms. The molecule has 3 rings (SSSR count). The fourth-order valence-corrected chi connectivity index (χ4v) is 3.14. The number of allylic oxidation sites excluding steroid dienone is 1. The second-order valence-electron chi connectivity index (χ2n) is 6.53. The molecule has 0 fully saturated rings. The number of rotatable bonds is 9. The third-order valence-electron chi connectivity index (χ3n) is 4.51. The van der Waals surface area contributed by atoms with Gasteiger partial charge in [-0.05, 0) is 43.4 Å². The fourth-order valence-electron chi connectivity index (χ4n) is 3.14. The van der Waals surface area contributed by atoms with Crippen LogP contribution < -0.4 is 14.8 Å². The highest BCUT2D eigenvalue weighted by molar-refractivity contribution is 5.44. The van der Waals surface area contributed by atoms with E-state index >= 15 is 0 Å². The van der Waals surface area contributed by atoms with Crippen molar-refractivity contribution in [2.75, 3.05) is 26.5 Å². The summed E-state index contributed by atoms with van der Waals surface area (Å²) in [7, 11) is 0. The minimum Gasteiger partial charge on any atom is -0.454 e. The molecule has 1 aliphatic heterocycles. The van der Waals surface area contributed by atoms with E-state index in [2.05, 4.69) is 11.4 Å². The van der Waals surface area contributed by atoms with Crippen molar-refractivity contribution in [2.24, 2.45) is 0 Å². The van der Waals surface area contributed by atoms with Crippen LogP contribution >= 0.6 is 0 Å². The Balaban J connectivity index is 1.27. The summed E-state index contributed by atoms with van der Waals surface area (Å²) in [5, 5.41) is 12.2. The first kappa shape index (κ1) is 17.3. The van der Waals surface area contributed by atoms with Crippen molar-refractivity contribution >= 4 is 0 Å². The molecule has 1 heterocycles. The van der Waals surface area contributed by atoms with E-state index in [1.165, 1.54) is 25.7 Å². The van der Waals surface area contributed by atoms with Gasteiger partial charge >= 0.3 is 0 Å². The molecule has 5 nitrogen and oxygen atoms in total. The lowest BCUT2D eigenvalue weighted by molar-refractivity contribution is -0.660. The largest absolute Gasteiger partial charge is 0.454 e. The van der Waals surface area contributed by atoms with Gasteiger partial charge in [0.1, 0.15) is 12.6 Å². The lowest BCUT2D eigenvalue weighted by Crippen LogP contribution is -2.86. The second kappa shape index (κ2) is 9.06. The molecule has 0 radical (unpaired) electrons. The zero-order valence-electron chi connectivity index (χ0n) is 14.2. The highest BCUT2D eigenvalue weighted by atomic mass is 16.7. The molecule has 3 N–H and O–H groups in total. The number of hydrogen-bond acceptors (Lipinski definition) is 4. The Labute approximate surface area is 143 Å². The van der Waals surface area contributed by atoms with Crippen LogP contribution in [0.15, 0.2) is 29.8 Å². The van der Waals surface area contributed by atoms with Gasteiger partial charge in [0.2, 0.25) is 6.79 Å². The van der Waals surface area contributed by atoms with Crippen molar-refractivity contribution in [3.63, 3.8) is 0 Å². The Bertz CT molecular complexity index is 558. The third-order valence-corrected chi connectivity index (χ3v) is 4.51. The highest BCUT2D eigenvalue weighted by Crippen LogP contribution is 2.32. The average molecular weight is 334 g/mol. The number of aliphatic hydroxyl groups is 1. The molecule has 1 aliphatic carbocycles. The maximum absolute atomic E-state index is 10.0. The van der Waals surface area contributed by atoms with Crippen LogP contribution in [-0.4, -0.2) is 37.7 Å². The predicted octanol–water partition coefficient (Wildman–Crippen LogP) is 1.75. The van der Waals surface area contributed by atoms with E-state index < -0.39 is 6.10 Å². The van der Waals surface area contributed by atoms with Gasteiger partial charge in [-0.2, -0.15) is 0 Å². The number of nitrogens with two attached hydrogens (primary N) is 1. The van der Waals surface area contributed by atoms with E-state index in [-0.39, 0.29) is 6.79 Å². The van der Waals surface area contributed by atoms with Crippen LogP contribution in [-0.2, 0) is 11.3 Å². The molecule has 132 valence electrons. The van der Waals surface area contributed by atoms with Crippen molar-refractivity contribution in [1.82, 2.24) is 0 Å². The molecule has 24 heavy (non-hydrogen) atoms. The second-order valence-corrected chi connectivity index (χ2v) is 6.53. The summed E-state index contributed by atoms with van der Waals surface area (Å²) in [5.41, 5.74) is 2.62. The van der Waals surface area contributed by atoms with Gasteiger partial charge in [0, 0.05) is 6.42 Å². The minimum absolute atomic E-state index is 0.283. The van der Waals surface area contributed by atoms with Gasteiger partial charge in [-0.1, -0.05) is 17.7 Å². The van der Waals surface area contributed by atoms with Crippen LogP contribution in [0, 0.1) is 0 Å². The minimum atomic E-state index is -0.431. The number of fused-ring (bicyclic) bond motifs is 1. The van der Waals surface area contributed by atoms with Crippen molar-refractivity contribution in [3.05, 3.63) is 35.4 Å². The van der Waals surface area contributed by atoms with E-state index in [0.717, 1.165) is 30.0 Å². The van der Waals surface area contributed by atoms with Gasteiger partial charge in [0.25, 0.3) is 0 Å². The van der Waals surface area contributed by atoms with Crippen molar-refractivity contribution in [3.8, 4) is 11.5 Å².